The molecule has 1 heterocycles. The van der Waals surface area contributed by atoms with Crippen LogP contribution in [0.1, 0.15) is 48.6 Å². The highest BCUT2D eigenvalue weighted by Crippen LogP contribution is 2.44. The van der Waals surface area contributed by atoms with Gasteiger partial charge in [0.25, 0.3) is 0 Å². The van der Waals surface area contributed by atoms with Gasteiger partial charge in [0.2, 0.25) is 0 Å². The molecule has 3 aromatic carbocycles. The number of hydrogen-bond acceptors (Lipinski definition) is 6. The van der Waals surface area contributed by atoms with Crippen LogP contribution in [0.5, 0.6) is 0 Å². The van der Waals surface area contributed by atoms with Gasteiger partial charge in [-0.05, 0) is 58.7 Å². The van der Waals surface area contributed by atoms with Gasteiger partial charge in [-0.1, -0.05) is 92.7 Å². The summed E-state index contributed by atoms with van der Waals surface area (Å²) in [6, 6.07) is 29.9. The molecule has 43 heavy (non-hydrogen) atoms. The van der Waals surface area contributed by atoms with Crippen LogP contribution in [0.2, 0.25) is 0 Å². The number of rotatable bonds is 15. The molecule has 0 bridgehead atoms. The molecule has 2 unspecified atom stereocenters. The second kappa shape index (κ2) is 15.1. The summed E-state index contributed by atoms with van der Waals surface area (Å²) >= 11 is 1.55. The minimum Gasteiger partial charge on any atom is -0.468 e. The number of fused-ring (bicyclic) bond motifs is 3. The number of amides is 1. The third-order valence-electron chi connectivity index (χ3n) is 7.77. The first-order valence-electron chi connectivity index (χ1n) is 15.0. The standard InChI is InChI=1S/C36H40N2O4S/c1-25(2)19-27(38-36(40)42-22-33-31-16-8-6-14-29(31)30-15-7-9-17-32(30)33)21-37-34(20-26-11-4-3-5-12-26)35(39)24-43-23-28-13-10-18-41-28/h3-18,25,27,33-34,37H,19-24H2,1-2H3,(H,38,40). The van der Waals surface area contributed by atoms with E-state index in [-0.39, 0.29) is 30.4 Å². The van der Waals surface area contributed by atoms with E-state index in [2.05, 4.69) is 48.7 Å². The topological polar surface area (TPSA) is 80.6 Å². The Morgan fingerprint density at radius 2 is 1.56 bits per heavy atom. The second-order valence-corrected chi connectivity index (χ2v) is 12.5. The zero-order valence-corrected chi connectivity index (χ0v) is 25.6. The number of ether oxygens (including phenoxy) is 1. The molecule has 1 aromatic heterocycles. The highest BCUT2D eigenvalue weighted by atomic mass is 32.2. The summed E-state index contributed by atoms with van der Waals surface area (Å²) in [5.74, 6) is 2.37. The summed E-state index contributed by atoms with van der Waals surface area (Å²) in [6.45, 7) is 4.99. The fraction of sp³-hybridized carbons (Fsp3) is 0.333. The summed E-state index contributed by atoms with van der Waals surface area (Å²) in [6.07, 6.45) is 2.56. The van der Waals surface area contributed by atoms with Gasteiger partial charge >= 0.3 is 6.09 Å². The number of thioether (sulfide) groups is 1. The van der Waals surface area contributed by atoms with Crippen LogP contribution >= 0.6 is 11.8 Å². The van der Waals surface area contributed by atoms with Crippen molar-refractivity contribution in [1.29, 1.82) is 0 Å². The average molecular weight is 597 g/mol. The van der Waals surface area contributed by atoms with Crippen molar-refractivity contribution in [2.24, 2.45) is 5.92 Å². The molecule has 4 aromatic rings. The Morgan fingerprint density at radius 1 is 0.884 bits per heavy atom. The van der Waals surface area contributed by atoms with E-state index in [9.17, 15) is 9.59 Å². The molecule has 0 spiro atoms. The quantitative estimate of drug-likeness (QED) is 0.151. The van der Waals surface area contributed by atoms with E-state index in [1.807, 2.05) is 66.7 Å². The van der Waals surface area contributed by atoms with Crippen molar-refractivity contribution in [1.82, 2.24) is 10.6 Å². The van der Waals surface area contributed by atoms with Crippen molar-refractivity contribution >= 4 is 23.6 Å². The SMILES string of the molecule is CC(C)CC(CNC(Cc1ccccc1)C(=O)CSCc1ccco1)NC(=O)OCC1c2ccccc2-c2ccccc21. The van der Waals surface area contributed by atoms with E-state index < -0.39 is 6.09 Å². The first-order chi connectivity index (χ1) is 21.0. The van der Waals surface area contributed by atoms with Crippen molar-refractivity contribution in [3.8, 4) is 11.1 Å². The van der Waals surface area contributed by atoms with Gasteiger partial charge in [0.15, 0.2) is 5.78 Å². The number of furan rings is 1. The normalized spacial score (nSPS) is 13.7. The number of ketones is 1. The monoisotopic (exact) mass is 596 g/mol. The zero-order valence-electron chi connectivity index (χ0n) is 24.8. The molecule has 2 N–H and O–H groups in total. The zero-order chi connectivity index (χ0) is 30.0. The molecule has 5 rings (SSSR count). The molecule has 1 aliphatic rings. The number of alkyl carbamates (subject to hydrolysis) is 1. The number of carbonyl (C=O) groups excluding carboxylic acids is 2. The van der Waals surface area contributed by atoms with Crippen LogP contribution in [0, 0.1) is 5.92 Å². The van der Waals surface area contributed by atoms with Crippen LogP contribution in [0.15, 0.2) is 102 Å². The van der Waals surface area contributed by atoms with Gasteiger partial charge in [0.05, 0.1) is 23.8 Å². The number of hydrogen-bond donors (Lipinski definition) is 2. The van der Waals surface area contributed by atoms with Gasteiger partial charge in [-0.3, -0.25) is 4.79 Å². The summed E-state index contributed by atoms with van der Waals surface area (Å²) in [7, 11) is 0. The van der Waals surface area contributed by atoms with Crippen LogP contribution < -0.4 is 10.6 Å². The number of carbonyl (C=O) groups is 2. The summed E-state index contributed by atoms with van der Waals surface area (Å²) in [5, 5.41) is 6.58. The Balaban J connectivity index is 1.19. The van der Waals surface area contributed by atoms with Crippen molar-refractivity contribution < 1.29 is 18.7 Å². The third-order valence-corrected chi connectivity index (χ3v) is 8.75. The van der Waals surface area contributed by atoms with E-state index in [4.69, 9.17) is 9.15 Å². The molecule has 0 saturated carbocycles. The van der Waals surface area contributed by atoms with E-state index in [0.29, 0.717) is 30.4 Å². The number of benzene rings is 3. The fourth-order valence-corrected chi connectivity index (χ4v) is 6.62. The van der Waals surface area contributed by atoms with Crippen LogP contribution in [0.25, 0.3) is 11.1 Å². The molecule has 0 fully saturated rings. The molecule has 224 valence electrons. The molecule has 2 atom stereocenters. The highest BCUT2D eigenvalue weighted by molar-refractivity contribution is 7.99. The van der Waals surface area contributed by atoms with Gasteiger partial charge in [-0.15, -0.1) is 11.8 Å². The van der Waals surface area contributed by atoms with Crippen LogP contribution in [-0.2, 0) is 21.7 Å². The van der Waals surface area contributed by atoms with Crippen LogP contribution in [-0.4, -0.2) is 42.9 Å². The smallest absolute Gasteiger partial charge is 0.407 e. The molecule has 1 amide bonds. The maximum atomic E-state index is 13.4. The first-order valence-corrected chi connectivity index (χ1v) is 16.1. The molecular formula is C36H40N2O4S. The lowest BCUT2D eigenvalue weighted by Gasteiger charge is -2.25. The van der Waals surface area contributed by atoms with Crippen LogP contribution in [0.3, 0.4) is 0 Å². The molecular weight excluding hydrogens is 556 g/mol. The molecule has 1 aliphatic carbocycles. The molecule has 7 heteroatoms. The van der Waals surface area contributed by atoms with Crippen molar-refractivity contribution in [3.05, 3.63) is 120 Å². The van der Waals surface area contributed by atoms with E-state index in [1.54, 1.807) is 18.0 Å². The first kappa shape index (κ1) is 30.6. The molecule has 0 aliphatic heterocycles. The average Bonchev–Trinajstić information content (AvgIpc) is 3.64. The predicted octanol–water partition coefficient (Wildman–Crippen LogP) is 7.24. The van der Waals surface area contributed by atoms with E-state index in [1.165, 1.54) is 22.3 Å². The van der Waals surface area contributed by atoms with Gasteiger partial charge in [0.1, 0.15) is 12.4 Å². The Bertz CT molecular complexity index is 1430. The Labute approximate surface area is 258 Å². The minimum atomic E-state index is -0.436. The lowest BCUT2D eigenvalue weighted by Crippen LogP contribution is -2.49. The lowest BCUT2D eigenvalue weighted by molar-refractivity contribution is -0.118. The highest BCUT2D eigenvalue weighted by Gasteiger charge is 2.29. The van der Waals surface area contributed by atoms with E-state index >= 15 is 0 Å². The van der Waals surface area contributed by atoms with Crippen molar-refractivity contribution in [3.63, 3.8) is 0 Å². The number of Topliss-reactive ketones (excluding diaryl/α,β-unsaturated/α-hetero) is 1. The Hall–Kier alpha value is -3.81. The molecule has 0 radical (unpaired) electrons. The van der Waals surface area contributed by atoms with Gasteiger partial charge < -0.3 is 19.8 Å². The van der Waals surface area contributed by atoms with Crippen LogP contribution in [0.4, 0.5) is 4.79 Å². The number of nitrogens with one attached hydrogen (secondary N) is 2. The predicted molar refractivity (Wildman–Crippen MR) is 173 cm³/mol. The summed E-state index contributed by atoms with van der Waals surface area (Å²) in [4.78, 5) is 26.5. The summed E-state index contributed by atoms with van der Waals surface area (Å²) in [5.41, 5.74) is 5.86. The van der Waals surface area contributed by atoms with Gasteiger partial charge in [-0.2, -0.15) is 0 Å². The largest absolute Gasteiger partial charge is 0.468 e. The molecule has 0 saturated heterocycles. The second-order valence-electron chi connectivity index (χ2n) is 11.5. The van der Waals surface area contributed by atoms with Gasteiger partial charge in [0, 0.05) is 18.5 Å². The third kappa shape index (κ3) is 8.39. The fourth-order valence-electron chi connectivity index (χ4n) is 5.75. The lowest BCUT2D eigenvalue weighted by atomic mass is 9.98. The van der Waals surface area contributed by atoms with E-state index in [0.717, 1.165) is 17.7 Å². The minimum absolute atomic E-state index is 0.00590. The Kier molecular flexibility index (Phi) is 10.7. The Morgan fingerprint density at radius 3 is 2.21 bits per heavy atom. The van der Waals surface area contributed by atoms with Crippen molar-refractivity contribution in [2.45, 2.75) is 50.4 Å². The van der Waals surface area contributed by atoms with Gasteiger partial charge in [-0.25, -0.2) is 4.79 Å². The maximum Gasteiger partial charge on any atom is 0.407 e. The van der Waals surface area contributed by atoms with Crippen molar-refractivity contribution in [2.75, 3.05) is 18.9 Å². The maximum absolute atomic E-state index is 13.4. The molecule has 6 nitrogen and oxygen atoms in total. The summed E-state index contributed by atoms with van der Waals surface area (Å²) < 4.78 is 11.2.